The Bertz CT molecular complexity index is 1280. The van der Waals surface area contributed by atoms with Crippen molar-refractivity contribution in [1.29, 1.82) is 5.26 Å². The SMILES string of the molecule is COc1ccc2ccccc2c1/C=C(\C#N)c1nc(N)nc(Nc2ccccc2)n1. The van der Waals surface area contributed by atoms with Crippen LogP contribution in [0.2, 0.25) is 0 Å². The maximum atomic E-state index is 9.83. The van der Waals surface area contributed by atoms with Crippen LogP contribution >= 0.6 is 0 Å². The number of nitrogen functional groups attached to an aromatic ring is 1. The lowest BCUT2D eigenvalue weighted by Crippen LogP contribution is -2.06. The van der Waals surface area contributed by atoms with Gasteiger partial charge in [-0.25, -0.2) is 0 Å². The minimum atomic E-state index is 0.0180. The molecule has 146 valence electrons. The highest BCUT2D eigenvalue weighted by atomic mass is 16.5. The number of nitrogens with two attached hydrogens (primary N) is 1. The predicted molar refractivity (Wildman–Crippen MR) is 118 cm³/mol. The first kappa shape index (κ1) is 18.9. The molecule has 0 bridgehead atoms. The number of hydrogen-bond donors (Lipinski definition) is 2. The third-order valence-electron chi connectivity index (χ3n) is 4.48. The van der Waals surface area contributed by atoms with Gasteiger partial charge in [0.25, 0.3) is 0 Å². The van der Waals surface area contributed by atoms with Gasteiger partial charge in [-0.15, -0.1) is 0 Å². The average molecular weight is 394 g/mol. The molecule has 7 nitrogen and oxygen atoms in total. The number of ether oxygens (including phenoxy) is 1. The zero-order valence-corrected chi connectivity index (χ0v) is 16.2. The van der Waals surface area contributed by atoms with Crippen LogP contribution in [0.3, 0.4) is 0 Å². The number of nitrogens with one attached hydrogen (secondary N) is 1. The zero-order valence-electron chi connectivity index (χ0n) is 16.2. The van der Waals surface area contributed by atoms with Crippen LogP contribution in [0.4, 0.5) is 17.6 Å². The second-order valence-corrected chi connectivity index (χ2v) is 6.40. The van der Waals surface area contributed by atoms with Gasteiger partial charge in [0.1, 0.15) is 11.8 Å². The molecule has 0 aliphatic heterocycles. The maximum absolute atomic E-state index is 9.83. The summed E-state index contributed by atoms with van der Waals surface area (Å²) in [7, 11) is 1.59. The Morgan fingerprint density at radius 3 is 2.53 bits per heavy atom. The molecule has 0 saturated carbocycles. The van der Waals surface area contributed by atoms with Gasteiger partial charge in [-0.2, -0.15) is 20.2 Å². The highest BCUT2D eigenvalue weighted by molar-refractivity contribution is 5.99. The normalized spacial score (nSPS) is 11.1. The molecule has 0 aliphatic rings. The largest absolute Gasteiger partial charge is 0.496 e. The molecular formula is C23H18N6O. The third-order valence-corrected chi connectivity index (χ3v) is 4.48. The van der Waals surface area contributed by atoms with Crippen molar-refractivity contribution < 1.29 is 4.74 Å². The number of hydrogen-bond acceptors (Lipinski definition) is 7. The van der Waals surface area contributed by atoms with E-state index in [-0.39, 0.29) is 23.3 Å². The van der Waals surface area contributed by atoms with Crippen molar-refractivity contribution in [2.45, 2.75) is 0 Å². The number of fused-ring (bicyclic) bond motifs is 1. The molecule has 1 aromatic heterocycles. The van der Waals surface area contributed by atoms with E-state index >= 15 is 0 Å². The molecule has 0 amide bonds. The fraction of sp³-hybridized carbons (Fsp3) is 0.0435. The van der Waals surface area contributed by atoms with Gasteiger partial charge in [-0.1, -0.05) is 48.5 Å². The van der Waals surface area contributed by atoms with Gasteiger partial charge in [-0.05, 0) is 35.0 Å². The Morgan fingerprint density at radius 2 is 1.77 bits per heavy atom. The van der Waals surface area contributed by atoms with E-state index in [2.05, 4.69) is 26.3 Å². The number of para-hydroxylation sites is 1. The number of aromatic nitrogens is 3. The second-order valence-electron chi connectivity index (χ2n) is 6.40. The summed E-state index contributed by atoms with van der Waals surface area (Å²) >= 11 is 0. The molecule has 7 heteroatoms. The summed E-state index contributed by atoms with van der Waals surface area (Å²) in [5, 5.41) is 14.9. The van der Waals surface area contributed by atoms with Crippen molar-refractivity contribution in [3.63, 3.8) is 0 Å². The molecule has 1 heterocycles. The Balaban J connectivity index is 1.81. The van der Waals surface area contributed by atoms with Gasteiger partial charge in [0.15, 0.2) is 5.82 Å². The minimum absolute atomic E-state index is 0.0180. The van der Waals surface area contributed by atoms with Gasteiger partial charge in [0.05, 0.1) is 12.7 Å². The van der Waals surface area contributed by atoms with Crippen LogP contribution in [0, 0.1) is 11.3 Å². The van der Waals surface area contributed by atoms with E-state index in [0.29, 0.717) is 5.75 Å². The molecule has 0 saturated heterocycles. The molecule has 3 N–H and O–H groups in total. The van der Waals surface area contributed by atoms with Crippen molar-refractivity contribution in [1.82, 2.24) is 15.0 Å². The highest BCUT2D eigenvalue weighted by Crippen LogP contribution is 2.31. The predicted octanol–water partition coefficient (Wildman–Crippen LogP) is 4.42. The Labute approximate surface area is 173 Å². The van der Waals surface area contributed by atoms with Gasteiger partial charge in [0.2, 0.25) is 11.9 Å². The van der Waals surface area contributed by atoms with E-state index in [0.717, 1.165) is 22.0 Å². The second kappa shape index (κ2) is 8.29. The number of methoxy groups -OCH3 is 1. The molecule has 0 atom stereocenters. The minimum Gasteiger partial charge on any atom is -0.496 e. The van der Waals surface area contributed by atoms with E-state index < -0.39 is 0 Å². The molecule has 0 fully saturated rings. The smallest absolute Gasteiger partial charge is 0.232 e. The highest BCUT2D eigenvalue weighted by Gasteiger charge is 2.13. The molecule has 3 aromatic carbocycles. The van der Waals surface area contributed by atoms with E-state index in [1.54, 1.807) is 13.2 Å². The fourth-order valence-electron chi connectivity index (χ4n) is 3.11. The quantitative estimate of drug-likeness (QED) is 0.482. The van der Waals surface area contributed by atoms with Crippen molar-refractivity contribution in [2.75, 3.05) is 18.2 Å². The van der Waals surface area contributed by atoms with Crippen LogP contribution in [0.5, 0.6) is 5.75 Å². The van der Waals surface area contributed by atoms with Crippen molar-refractivity contribution >= 4 is 40.0 Å². The van der Waals surface area contributed by atoms with Crippen LogP contribution < -0.4 is 15.8 Å². The van der Waals surface area contributed by atoms with E-state index in [9.17, 15) is 5.26 Å². The van der Waals surface area contributed by atoms with Crippen LogP contribution in [0.1, 0.15) is 11.4 Å². The lowest BCUT2D eigenvalue weighted by Gasteiger charge is -2.10. The van der Waals surface area contributed by atoms with E-state index in [1.165, 1.54) is 0 Å². The monoisotopic (exact) mass is 394 g/mol. The van der Waals surface area contributed by atoms with Gasteiger partial charge in [-0.3, -0.25) is 0 Å². The standard InChI is InChI=1S/C23H18N6O/c1-30-20-12-11-15-7-5-6-10-18(15)19(20)13-16(14-24)21-27-22(25)29-23(28-21)26-17-8-3-2-4-9-17/h2-13H,1H3,(H3,25,26,27,28,29)/b16-13+. The Hall–Kier alpha value is -4.44. The fourth-order valence-corrected chi connectivity index (χ4v) is 3.11. The van der Waals surface area contributed by atoms with E-state index in [4.69, 9.17) is 10.5 Å². The topological polar surface area (TPSA) is 110 Å². The molecule has 0 radical (unpaired) electrons. The summed E-state index contributed by atoms with van der Waals surface area (Å²) < 4.78 is 5.52. The summed E-state index contributed by atoms with van der Waals surface area (Å²) in [4.78, 5) is 12.7. The van der Waals surface area contributed by atoms with Crippen LogP contribution in [0.25, 0.3) is 22.4 Å². The molecular weight excluding hydrogens is 376 g/mol. The summed E-state index contributed by atoms with van der Waals surface area (Å²) in [5.74, 6) is 1.10. The summed E-state index contributed by atoms with van der Waals surface area (Å²) in [6.45, 7) is 0. The van der Waals surface area contributed by atoms with Crippen molar-refractivity contribution in [3.05, 3.63) is 78.1 Å². The van der Waals surface area contributed by atoms with Crippen molar-refractivity contribution in [3.8, 4) is 11.8 Å². The van der Waals surface area contributed by atoms with Crippen molar-refractivity contribution in [2.24, 2.45) is 0 Å². The molecule has 0 spiro atoms. The molecule has 0 aliphatic carbocycles. The number of nitrogens with zero attached hydrogens (tertiary/aromatic N) is 4. The lowest BCUT2D eigenvalue weighted by molar-refractivity contribution is 0.414. The first-order valence-corrected chi connectivity index (χ1v) is 9.19. The molecule has 0 unspecified atom stereocenters. The first-order valence-electron chi connectivity index (χ1n) is 9.19. The number of nitriles is 1. The maximum Gasteiger partial charge on any atom is 0.232 e. The zero-order chi connectivity index (χ0) is 20.9. The molecule has 4 aromatic rings. The Kier molecular flexibility index (Phi) is 5.22. The van der Waals surface area contributed by atoms with Crippen LogP contribution in [-0.2, 0) is 0 Å². The van der Waals surface area contributed by atoms with Crippen LogP contribution in [0.15, 0.2) is 66.7 Å². The average Bonchev–Trinajstić information content (AvgIpc) is 2.77. The lowest BCUT2D eigenvalue weighted by atomic mass is 10.0. The van der Waals surface area contributed by atoms with Crippen LogP contribution in [-0.4, -0.2) is 22.1 Å². The summed E-state index contributed by atoms with van der Waals surface area (Å²) in [6.07, 6.45) is 1.71. The Morgan fingerprint density at radius 1 is 1.00 bits per heavy atom. The molecule has 30 heavy (non-hydrogen) atoms. The number of rotatable bonds is 5. The van der Waals surface area contributed by atoms with Gasteiger partial charge in [0, 0.05) is 11.3 Å². The first-order chi connectivity index (χ1) is 14.7. The summed E-state index contributed by atoms with van der Waals surface area (Å²) in [5.41, 5.74) is 7.69. The molecule has 4 rings (SSSR count). The van der Waals surface area contributed by atoms with Gasteiger partial charge >= 0.3 is 0 Å². The van der Waals surface area contributed by atoms with Gasteiger partial charge < -0.3 is 15.8 Å². The third kappa shape index (κ3) is 3.88. The number of benzene rings is 3. The van der Waals surface area contributed by atoms with E-state index in [1.807, 2.05) is 66.7 Å². The number of anilines is 3. The summed E-state index contributed by atoms with van der Waals surface area (Å²) in [6, 6.07) is 23.3. The number of allylic oxidation sites excluding steroid dienone is 1.